The highest BCUT2D eigenvalue weighted by Gasteiger charge is 2.17. The van der Waals surface area contributed by atoms with E-state index in [4.69, 9.17) is 0 Å². The number of thiazole rings is 1. The van der Waals surface area contributed by atoms with Crippen molar-refractivity contribution in [1.29, 1.82) is 0 Å². The molecular formula is C21H30N4O2S. The van der Waals surface area contributed by atoms with Gasteiger partial charge in [-0.1, -0.05) is 25.1 Å². The molecule has 0 aliphatic carbocycles. The summed E-state index contributed by atoms with van der Waals surface area (Å²) in [6.07, 6.45) is 0.246. The first kappa shape index (κ1) is 22.0. The molecule has 1 aromatic heterocycles. The van der Waals surface area contributed by atoms with Gasteiger partial charge in [0.05, 0.1) is 18.7 Å². The van der Waals surface area contributed by atoms with E-state index in [9.17, 15) is 9.59 Å². The molecule has 1 heterocycles. The number of benzene rings is 1. The van der Waals surface area contributed by atoms with Crippen LogP contribution < -0.4 is 10.6 Å². The van der Waals surface area contributed by atoms with Gasteiger partial charge in [-0.3, -0.25) is 14.5 Å². The van der Waals surface area contributed by atoms with Crippen molar-refractivity contribution in [2.45, 2.75) is 53.1 Å². The number of rotatable bonds is 8. The summed E-state index contributed by atoms with van der Waals surface area (Å²) in [5, 5.41) is 8.64. The van der Waals surface area contributed by atoms with Crippen LogP contribution >= 0.6 is 11.3 Å². The lowest BCUT2D eigenvalue weighted by atomic mass is 10.1. The number of hydrogen-bond donors (Lipinski definition) is 2. The summed E-state index contributed by atoms with van der Waals surface area (Å²) in [5.41, 5.74) is 2.50. The van der Waals surface area contributed by atoms with E-state index < -0.39 is 0 Å². The first-order valence-electron chi connectivity index (χ1n) is 9.48. The van der Waals surface area contributed by atoms with Crippen LogP contribution in [-0.4, -0.2) is 40.3 Å². The highest BCUT2D eigenvalue weighted by Crippen LogP contribution is 2.16. The fourth-order valence-corrected chi connectivity index (χ4v) is 3.50. The van der Waals surface area contributed by atoms with E-state index in [1.807, 2.05) is 69.2 Å². The minimum Gasteiger partial charge on any atom is -0.350 e. The molecule has 7 heteroatoms. The number of aromatic nitrogens is 1. The fraction of sp³-hybridized carbons (Fsp3) is 0.476. The Balaban J connectivity index is 1.89. The molecule has 28 heavy (non-hydrogen) atoms. The number of nitrogens with one attached hydrogen (secondary N) is 2. The summed E-state index contributed by atoms with van der Waals surface area (Å²) >= 11 is 1.47. The Kier molecular flexibility index (Phi) is 7.71. The lowest BCUT2D eigenvalue weighted by Crippen LogP contribution is -2.45. The summed E-state index contributed by atoms with van der Waals surface area (Å²) in [6, 6.07) is 7.70. The summed E-state index contributed by atoms with van der Waals surface area (Å²) in [7, 11) is 0. The molecule has 0 fully saturated rings. The molecule has 0 aliphatic rings. The van der Waals surface area contributed by atoms with Gasteiger partial charge >= 0.3 is 0 Å². The summed E-state index contributed by atoms with van der Waals surface area (Å²) < 4.78 is 0. The van der Waals surface area contributed by atoms with Gasteiger partial charge in [0.2, 0.25) is 11.8 Å². The SMILES string of the molecule is CCN(CC(=O)NC(C)(C)C)Cc1csc(CC(=O)Nc2ccccc2C)n1. The van der Waals surface area contributed by atoms with E-state index in [0.29, 0.717) is 13.1 Å². The van der Waals surface area contributed by atoms with E-state index in [1.54, 1.807) is 0 Å². The largest absolute Gasteiger partial charge is 0.350 e. The monoisotopic (exact) mass is 402 g/mol. The minimum atomic E-state index is -0.241. The molecule has 0 radical (unpaired) electrons. The smallest absolute Gasteiger partial charge is 0.234 e. The molecule has 2 amide bonds. The van der Waals surface area contributed by atoms with Gasteiger partial charge < -0.3 is 10.6 Å². The standard InChI is InChI=1S/C21H30N4O2S/c1-6-25(13-19(27)24-21(3,4)5)12-16-14-28-20(22-16)11-18(26)23-17-10-8-7-9-15(17)2/h7-10,14H,6,11-13H2,1-5H3,(H,23,26)(H,24,27). The zero-order chi connectivity index (χ0) is 20.7. The third-order valence-corrected chi connectivity index (χ3v) is 4.94. The van der Waals surface area contributed by atoms with Crippen LogP contribution in [0.25, 0.3) is 0 Å². The van der Waals surface area contributed by atoms with Crippen molar-refractivity contribution in [2.75, 3.05) is 18.4 Å². The average Bonchev–Trinajstić information content (AvgIpc) is 3.01. The first-order valence-corrected chi connectivity index (χ1v) is 10.4. The molecular weight excluding hydrogens is 372 g/mol. The maximum Gasteiger partial charge on any atom is 0.234 e. The molecule has 2 N–H and O–H groups in total. The van der Waals surface area contributed by atoms with E-state index in [0.717, 1.165) is 28.5 Å². The second kappa shape index (κ2) is 9.80. The van der Waals surface area contributed by atoms with E-state index in [-0.39, 0.29) is 23.8 Å². The van der Waals surface area contributed by atoms with Crippen molar-refractivity contribution in [1.82, 2.24) is 15.2 Å². The van der Waals surface area contributed by atoms with Crippen LogP contribution in [0.2, 0.25) is 0 Å². The second-order valence-electron chi connectivity index (χ2n) is 7.87. The molecule has 0 aliphatic heterocycles. The number of anilines is 1. The van der Waals surface area contributed by atoms with Crippen LogP contribution in [0.4, 0.5) is 5.69 Å². The molecule has 152 valence electrons. The molecule has 0 atom stereocenters. The van der Waals surface area contributed by atoms with Crippen molar-refractivity contribution in [3.63, 3.8) is 0 Å². The van der Waals surface area contributed by atoms with Gasteiger partial charge in [0.1, 0.15) is 5.01 Å². The van der Waals surface area contributed by atoms with Gasteiger partial charge in [-0.15, -0.1) is 11.3 Å². The number of nitrogens with zero attached hydrogens (tertiary/aromatic N) is 2. The zero-order valence-corrected chi connectivity index (χ0v) is 18.2. The Bertz CT molecular complexity index is 811. The third kappa shape index (κ3) is 7.40. The van der Waals surface area contributed by atoms with Gasteiger partial charge in [-0.2, -0.15) is 0 Å². The molecule has 1 aromatic carbocycles. The predicted octanol–water partition coefficient (Wildman–Crippen LogP) is 3.37. The average molecular weight is 403 g/mol. The molecule has 0 saturated carbocycles. The van der Waals surface area contributed by atoms with Crippen LogP contribution in [0.3, 0.4) is 0 Å². The van der Waals surface area contributed by atoms with Gasteiger partial charge in [-0.25, -0.2) is 4.98 Å². The minimum absolute atomic E-state index is 0.00223. The van der Waals surface area contributed by atoms with Crippen LogP contribution in [-0.2, 0) is 22.6 Å². The molecule has 2 rings (SSSR count). The van der Waals surface area contributed by atoms with Gasteiger partial charge in [0.25, 0.3) is 0 Å². The number of para-hydroxylation sites is 1. The summed E-state index contributed by atoms with van der Waals surface area (Å²) in [6.45, 7) is 11.6. The number of aryl methyl sites for hydroxylation is 1. The van der Waals surface area contributed by atoms with E-state index >= 15 is 0 Å². The van der Waals surface area contributed by atoms with Crippen LogP contribution in [0.1, 0.15) is 44.0 Å². The fourth-order valence-electron chi connectivity index (χ4n) is 2.72. The van der Waals surface area contributed by atoms with Crippen LogP contribution in [0.5, 0.6) is 0 Å². The van der Waals surface area contributed by atoms with E-state index in [1.165, 1.54) is 11.3 Å². The Hall–Kier alpha value is -2.25. The Morgan fingerprint density at radius 1 is 1.18 bits per heavy atom. The van der Waals surface area contributed by atoms with Crippen molar-refractivity contribution in [3.8, 4) is 0 Å². The van der Waals surface area contributed by atoms with Gasteiger partial charge in [0.15, 0.2) is 0 Å². The normalized spacial score (nSPS) is 11.5. The van der Waals surface area contributed by atoms with Gasteiger partial charge in [0, 0.05) is 23.2 Å². The van der Waals surface area contributed by atoms with Crippen molar-refractivity contribution in [3.05, 3.63) is 45.9 Å². The third-order valence-electron chi connectivity index (χ3n) is 4.04. The summed E-state index contributed by atoms with van der Waals surface area (Å²) in [4.78, 5) is 31.0. The predicted molar refractivity (Wildman–Crippen MR) is 114 cm³/mol. The molecule has 0 saturated heterocycles. The maximum atomic E-state index is 12.3. The lowest BCUT2D eigenvalue weighted by molar-refractivity contribution is -0.123. The molecule has 2 aromatic rings. The topological polar surface area (TPSA) is 74.3 Å². The van der Waals surface area contributed by atoms with Crippen molar-refractivity contribution in [2.24, 2.45) is 0 Å². The zero-order valence-electron chi connectivity index (χ0n) is 17.3. The Morgan fingerprint density at radius 3 is 2.54 bits per heavy atom. The second-order valence-corrected chi connectivity index (χ2v) is 8.82. The van der Waals surface area contributed by atoms with Gasteiger partial charge in [-0.05, 0) is 45.9 Å². The van der Waals surface area contributed by atoms with Crippen molar-refractivity contribution < 1.29 is 9.59 Å². The highest BCUT2D eigenvalue weighted by molar-refractivity contribution is 7.09. The maximum absolute atomic E-state index is 12.3. The Labute approximate surface area is 171 Å². The lowest BCUT2D eigenvalue weighted by Gasteiger charge is -2.24. The molecule has 0 bridgehead atoms. The molecule has 0 unspecified atom stereocenters. The van der Waals surface area contributed by atoms with E-state index in [2.05, 4.69) is 15.6 Å². The highest BCUT2D eigenvalue weighted by atomic mass is 32.1. The number of amides is 2. The van der Waals surface area contributed by atoms with Crippen LogP contribution in [0.15, 0.2) is 29.6 Å². The number of likely N-dealkylation sites (N-methyl/N-ethyl adjacent to an activating group) is 1. The summed E-state index contributed by atoms with van der Waals surface area (Å²) in [5.74, 6) is -0.0745. The first-order chi connectivity index (χ1) is 13.2. The quantitative estimate of drug-likeness (QED) is 0.710. The van der Waals surface area contributed by atoms with Crippen molar-refractivity contribution >= 4 is 28.8 Å². The molecule has 6 nitrogen and oxygen atoms in total. The molecule has 0 spiro atoms. The van der Waals surface area contributed by atoms with Crippen LogP contribution in [0, 0.1) is 6.92 Å². The Morgan fingerprint density at radius 2 is 1.89 bits per heavy atom. The number of carbonyl (C=O) groups excluding carboxylic acids is 2. The number of hydrogen-bond acceptors (Lipinski definition) is 5. The number of carbonyl (C=O) groups is 2.